The molecule has 0 radical (unpaired) electrons. The van der Waals surface area contributed by atoms with Crippen LogP contribution in [-0.4, -0.2) is 53.4 Å². The summed E-state index contributed by atoms with van der Waals surface area (Å²) in [7, 11) is 0. The van der Waals surface area contributed by atoms with Gasteiger partial charge in [0, 0.05) is 35.8 Å². The minimum Gasteiger partial charge on any atom is -0.349 e. The lowest BCUT2D eigenvalue weighted by atomic mass is 9.83. The first kappa shape index (κ1) is 24.7. The van der Waals surface area contributed by atoms with Crippen LogP contribution in [0, 0.1) is 0 Å². The van der Waals surface area contributed by atoms with Crippen molar-refractivity contribution in [3.8, 4) is 0 Å². The number of hydrogen-bond donors (Lipinski definition) is 2. The first-order valence-electron chi connectivity index (χ1n) is 11.7. The van der Waals surface area contributed by atoms with Gasteiger partial charge in [-0.2, -0.15) is 13.2 Å². The molecule has 2 N–H and O–H groups in total. The van der Waals surface area contributed by atoms with Gasteiger partial charge in [0.15, 0.2) is 0 Å². The summed E-state index contributed by atoms with van der Waals surface area (Å²) in [5.74, 6) is -0.447. The van der Waals surface area contributed by atoms with Crippen LogP contribution in [0.15, 0.2) is 30.5 Å². The first-order chi connectivity index (χ1) is 16.2. The van der Waals surface area contributed by atoms with Gasteiger partial charge in [-0.15, -0.1) is 11.3 Å². The average molecular weight is 495 g/mol. The van der Waals surface area contributed by atoms with Crippen molar-refractivity contribution in [1.82, 2.24) is 20.5 Å². The third-order valence-corrected chi connectivity index (χ3v) is 7.93. The number of benzene rings is 1. The Bertz CT molecular complexity index is 1010. The van der Waals surface area contributed by atoms with Crippen LogP contribution in [-0.2, 0) is 17.4 Å². The summed E-state index contributed by atoms with van der Waals surface area (Å²) in [5, 5.41) is 6.48. The lowest BCUT2D eigenvalue weighted by molar-refractivity contribution is -0.137. The molecular weight excluding hydrogens is 465 g/mol. The number of hydrogen-bond acceptors (Lipinski definition) is 5. The Morgan fingerprint density at radius 3 is 2.56 bits per heavy atom. The van der Waals surface area contributed by atoms with Crippen LogP contribution in [0.4, 0.5) is 13.2 Å². The van der Waals surface area contributed by atoms with Crippen molar-refractivity contribution in [2.75, 3.05) is 19.6 Å². The van der Waals surface area contributed by atoms with E-state index in [1.807, 2.05) is 17.5 Å². The molecule has 4 rings (SSSR count). The molecule has 6 nitrogen and oxygen atoms in total. The molecule has 0 atom stereocenters. The molecule has 2 amide bonds. The minimum atomic E-state index is -4.53. The minimum absolute atomic E-state index is 0.0318. The highest BCUT2D eigenvalue weighted by Gasteiger charge is 2.36. The fourth-order valence-corrected chi connectivity index (χ4v) is 5.71. The molecule has 2 aromatic rings. The van der Waals surface area contributed by atoms with E-state index in [2.05, 4.69) is 27.4 Å². The third-order valence-electron chi connectivity index (χ3n) is 6.63. The monoisotopic (exact) mass is 494 g/mol. The van der Waals surface area contributed by atoms with Crippen molar-refractivity contribution >= 4 is 23.2 Å². The lowest BCUT2D eigenvalue weighted by Gasteiger charge is -2.46. The van der Waals surface area contributed by atoms with Gasteiger partial charge in [-0.1, -0.05) is 13.0 Å². The van der Waals surface area contributed by atoms with Gasteiger partial charge in [-0.25, -0.2) is 4.98 Å². The lowest BCUT2D eigenvalue weighted by Crippen LogP contribution is -2.63. The highest BCUT2D eigenvalue weighted by atomic mass is 32.1. The molecule has 1 aliphatic heterocycles. The fraction of sp³-hybridized carbons (Fsp3) is 0.542. The van der Waals surface area contributed by atoms with E-state index >= 15 is 0 Å². The summed E-state index contributed by atoms with van der Waals surface area (Å²) in [6.07, 6.45) is 3.08. The molecule has 1 aliphatic carbocycles. The van der Waals surface area contributed by atoms with E-state index in [4.69, 9.17) is 0 Å². The Morgan fingerprint density at radius 1 is 1.18 bits per heavy atom. The molecule has 184 valence electrons. The van der Waals surface area contributed by atoms with Crippen LogP contribution in [0.25, 0.3) is 0 Å². The smallest absolute Gasteiger partial charge is 0.349 e. The van der Waals surface area contributed by atoms with Gasteiger partial charge in [0.25, 0.3) is 5.91 Å². The molecule has 10 heteroatoms. The van der Waals surface area contributed by atoms with Gasteiger partial charge < -0.3 is 10.6 Å². The second-order valence-corrected chi connectivity index (χ2v) is 10.1. The summed E-state index contributed by atoms with van der Waals surface area (Å²) >= 11 is 1.83. The van der Waals surface area contributed by atoms with Gasteiger partial charge in [-0.05, 0) is 56.2 Å². The second kappa shape index (κ2) is 10.4. The largest absolute Gasteiger partial charge is 0.416 e. The Morgan fingerprint density at radius 2 is 1.91 bits per heavy atom. The van der Waals surface area contributed by atoms with Crippen LogP contribution >= 0.6 is 11.3 Å². The summed E-state index contributed by atoms with van der Waals surface area (Å²) in [5.41, 5.74) is -1.02. The van der Waals surface area contributed by atoms with E-state index in [0.29, 0.717) is 12.0 Å². The molecule has 0 bridgehead atoms. The van der Waals surface area contributed by atoms with Gasteiger partial charge in [-0.3, -0.25) is 14.5 Å². The fourth-order valence-electron chi connectivity index (χ4n) is 4.68. The summed E-state index contributed by atoms with van der Waals surface area (Å²) in [6, 6.07) is 4.71. The van der Waals surface area contributed by atoms with Crippen LogP contribution in [0.5, 0.6) is 0 Å². The number of carbonyl (C=O) groups excluding carboxylic acids is 2. The first-order valence-corrected chi connectivity index (χ1v) is 12.5. The molecule has 0 spiro atoms. The number of rotatable bonds is 7. The number of likely N-dealkylation sites (tertiary alicyclic amines) is 1. The van der Waals surface area contributed by atoms with Crippen molar-refractivity contribution < 1.29 is 22.8 Å². The zero-order chi connectivity index (χ0) is 24.3. The molecule has 2 fully saturated rings. The second-order valence-electron chi connectivity index (χ2n) is 8.99. The average Bonchev–Trinajstić information content (AvgIpc) is 3.28. The summed E-state index contributed by atoms with van der Waals surface area (Å²) < 4.78 is 38.4. The van der Waals surface area contributed by atoms with Crippen molar-refractivity contribution in [2.45, 2.75) is 63.2 Å². The number of aromatic nitrogens is 1. The van der Waals surface area contributed by atoms with E-state index in [1.54, 1.807) is 0 Å². The van der Waals surface area contributed by atoms with E-state index in [0.717, 1.165) is 57.3 Å². The Hall–Kier alpha value is -2.46. The number of nitrogens with one attached hydrogen (secondary N) is 2. The topological polar surface area (TPSA) is 74.3 Å². The maximum Gasteiger partial charge on any atom is 0.416 e. The van der Waals surface area contributed by atoms with Gasteiger partial charge in [0.05, 0.1) is 23.2 Å². The molecule has 0 unspecified atom stereocenters. The van der Waals surface area contributed by atoms with Crippen LogP contribution in [0.2, 0.25) is 0 Å². The number of carbonyl (C=O) groups is 2. The van der Waals surface area contributed by atoms with Crippen molar-refractivity contribution in [2.24, 2.45) is 0 Å². The van der Waals surface area contributed by atoms with Crippen LogP contribution < -0.4 is 10.6 Å². The summed E-state index contributed by atoms with van der Waals surface area (Å²) in [4.78, 5) is 32.6. The molecular formula is C24H29F3N4O2S. The normalized spacial score (nSPS) is 21.6. The zero-order valence-corrected chi connectivity index (χ0v) is 19.8. The molecule has 1 saturated carbocycles. The quantitative estimate of drug-likeness (QED) is 0.611. The number of amides is 2. The molecule has 34 heavy (non-hydrogen) atoms. The van der Waals surface area contributed by atoms with Crippen molar-refractivity contribution in [1.29, 1.82) is 0 Å². The standard InChI is InChI=1S/C24H29F3N4O2S/c1-2-22-28-11-20(34-22)15-6-8-19(9-7-15)31-13-18(14-31)30-21(32)12-29-23(33)16-4-3-5-17(10-16)24(25,26)27/h3-5,10-11,15,18-19H,2,6-9,12-14H2,1H3,(H,29,33)(H,30,32). The number of aryl methyl sites for hydroxylation is 1. The van der Waals surface area contributed by atoms with Crippen molar-refractivity contribution in [3.05, 3.63) is 51.5 Å². The van der Waals surface area contributed by atoms with E-state index < -0.39 is 17.6 Å². The molecule has 1 aromatic heterocycles. The van der Waals surface area contributed by atoms with Crippen LogP contribution in [0.3, 0.4) is 0 Å². The maximum atomic E-state index is 12.8. The number of alkyl halides is 3. The third kappa shape index (κ3) is 5.96. The van der Waals surface area contributed by atoms with E-state index in [-0.39, 0.29) is 24.1 Å². The predicted molar refractivity (Wildman–Crippen MR) is 124 cm³/mol. The number of thiazole rings is 1. The van der Waals surface area contributed by atoms with Gasteiger partial charge in [0.2, 0.25) is 5.91 Å². The highest BCUT2D eigenvalue weighted by Crippen LogP contribution is 2.38. The predicted octanol–water partition coefficient (Wildman–Crippen LogP) is 3.98. The van der Waals surface area contributed by atoms with Crippen molar-refractivity contribution in [3.63, 3.8) is 0 Å². The zero-order valence-electron chi connectivity index (χ0n) is 19.0. The summed E-state index contributed by atoms with van der Waals surface area (Å²) in [6.45, 7) is 3.42. The number of halogens is 3. The molecule has 1 saturated heterocycles. The Labute approximate surface area is 200 Å². The van der Waals surface area contributed by atoms with E-state index in [1.165, 1.54) is 22.0 Å². The SMILES string of the molecule is CCc1ncc(C2CCC(N3CC(NC(=O)CNC(=O)c4cccc(C(F)(F)F)c4)C3)CC2)s1. The number of nitrogens with zero attached hydrogens (tertiary/aromatic N) is 2. The highest BCUT2D eigenvalue weighted by molar-refractivity contribution is 7.11. The Balaban J connectivity index is 1.15. The molecule has 2 aliphatic rings. The van der Waals surface area contributed by atoms with Crippen LogP contribution in [0.1, 0.15) is 64.3 Å². The van der Waals surface area contributed by atoms with Gasteiger partial charge >= 0.3 is 6.18 Å². The van der Waals surface area contributed by atoms with Gasteiger partial charge in [0.1, 0.15) is 0 Å². The maximum absolute atomic E-state index is 12.8. The Kier molecular flexibility index (Phi) is 7.57. The van der Waals surface area contributed by atoms with E-state index in [9.17, 15) is 22.8 Å². The molecule has 2 heterocycles. The molecule has 1 aromatic carbocycles.